The van der Waals surface area contributed by atoms with Gasteiger partial charge in [0.15, 0.2) is 5.84 Å². The number of rotatable bonds is 6. The molecule has 1 unspecified atom stereocenters. The largest absolute Gasteiger partial charge is 0.344 e. The molecule has 0 aliphatic carbocycles. The summed E-state index contributed by atoms with van der Waals surface area (Å²) in [5, 5.41) is 8.57. The average Bonchev–Trinajstić information content (AvgIpc) is 3.79. The Kier molecular flexibility index (Phi) is 7.49. The van der Waals surface area contributed by atoms with Crippen LogP contribution in [0, 0.1) is 0 Å². The number of hydrogen-bond donors (Lipinski definition) is 1. The van der Waals surface area contributed by atoms with E-state index in [1.807, 2.05) is 24.3 Å². The van der Waals surface area contributed by atoms with E-state index in [2.05, 4.69) is 190 Å². The maximum Gasteiger partial charge on any atom is 0.159 e. The molecule has 0 fully saturated rings. The predicted octanol–water partition coefficient (Wildman–Crippen LogP) is 12.0. The van der Waals surface area contributed by atoms with Crippen molar-refractivity contribution in [2.75, 3.05) is 0 Å². The maximum atomic E-state index is 5.08. The quantitative estimate of drug-likeness (QED) is 0.183. The van der Waals surface area contributed by atoms with Gasteiger partial charge in [-0.05, 0) is 65.2 Å². The molecule has 0 saturated carbocycles. The molecule has 3 heterocycles. The summed E-state index contributed by atoms with van der Waals surface area (Å²) in [6.07, 6.45) is -0.257. The Labute approximate surface area is 324 Å². The van der Waals surface area contributed by atoms with Crippen LogP contribution in [0.4, 0.5) is 0 Å². The van der Waals surface area contributed by atoms with Crippen molar-refractivity contribution in [1.29, 1.82) is 0 Å². The minimum absolute atomic E-state index is 0.257. The molecule has 5 nitrogen and oxygen atoms in total. The molecule has 264 valence electrons. The fourth-order valence-corrected chi connectivity index (χ4v) is 8.35. The van der Waals surface area contributed by atoms with Gasteiger partial charge in [-0.25, -0.2) is 9.98 Å². The van der Waals surface area contributed by atoms with E-state index >= 15 is 0 Å². The van der Waals surface area contributed by atoms with Crippen LogP contribution >= 0.6 is 0 Å². The molecule has 1 N–H and O–H groups in total. The maximum absolute atomic E-state index is 5.08. The summed E-state index contributed by atoms with van der Waals surface area (Å²) in [6, 6.07) is 71.1. The highest BCUT2D eigenvalue weighted by atomic mass is 15.2. The third-order valence-electron chi connectivity index (χ3n) is 11.0. The highest BCUT2D eigenvalue weighted by Crippen LogP contribution is 2.38. The van der Waals surface area contributed by atoms with E-state index in [1.54, 1.807) is 0 Å². The van der Waals surface area contributed by atoms with Crippen molar-refractivity contribution in [2.45, 2.75) is 6.17 Å². The van der Waals surface area contributed by atoms with E-state index in [0.717, 1.165) is 50.5 Å². The Morgan fingerprint density at radius 3 is 1.64 bits per heavy atom. The van der Waals surface area contributed by atoms with Crippen LogP contribution in [-0.4, -0.2) is 20.8 Å². The molecule has 0 amide bonds. The molecule has 8 aromatic carbocycles. The van der Waals surface area contributed by atoms with Crippen LogP contribution in [0.2, 0.25) is 0 Å². The molecule has 0 bridgehead atoms. The van der Waals surface area contributed by atoms with Crippen molar-refractivity contribution >= 4 is 55.3 Å². The van der Waals surface area contributed by atoms with E-state index < -0.39 is 0 Å². The zero-order valence-electron chi connectivity index (χ0n) is 30.4. The molecule has 10 aromatic rings. The molecule has 5 heteroatoms. The van der Waals surface area contributed by atoms with Crippen LogP contribution in [0.15, 0.2) is 210 Å². The highest BCUT2D eigenvalue weighted by Gasteiger charge is 2.22. The normalized spacial score (nSPS) is 14.2. The molecule has 56 heavy (non-hydrogen) atoms. The van der Waals surface area contributed by atoms with Gasteiger partial charge in [0, 0.05) is 44.0 Å². The van der Waals surface area contributed by atoms with Crippen LogP contribution in [0.3, 0.4) is 0 Å². The molecule has 0 saturated heterocycles. The molecular formula is C51H35N5. The third-order valence-corrected chi connectivity index (χ3v) is 11.0. The van der Waals surface area contributed by atoms with Gasteiger partial charge < -0.3 is 14.5 Å². The minimum atomic E-state index is -0.257. The third kappa shape index (κ3) is 5.32. The van der Waals surface area contributed by atoms with Gasteiger partial charge in [0.2, 0.25) is 0 Å². The van der Waals surface area contributed by atoms with Crippen LogP contribution in [-0.2, 0) is 0 Å². The number of fused-ring (bicyclic) bond motifs is 6. The van der Waals surface area contributed by atoms with E-state index in [1.165, 1.54) is 38.1 Å². The van der Waals surface area contributed by atoms with E-state index in [-0.39, 0.29) is 6.17 Å². The first-order valence-corrected chi connectivity index (χ1v) is 19.0. The van der Waals surface area contributed by atoms with Crippen LogP contribution < -0.4 is 5.32 Å². The van der Waals surface area contributed by atoms with E-state index in [4.69, 9.17) is 9.98 Å². The van der Waals surface area contributed by atoms with Gasteiger partial charge in [0.05, 0.1) is 22.1 Å². The highest BCUT2D eigenvalue weighted by molar-refractivity contribution is 6.14. The summed E-state index contributed by atoms with van der Waals surface area (Å²) in [5.74, 6) is 1.51. The molecular weight excluding hydrogens is 683 g/mol. The summed E-state index contributed by atoms with van der Waals surface area (Å²) in [6.45, 7) is 0. The number of para-hydroxylation sites is 3. The molecule has 11 rings (SSSR count). The summed E-state index contributed by atoms with van der Waals surface area (Å²) in [5.41, 5.74) is 12.3. The lowest BCUT2D eigenvalue weighted by atomic mass is 10.0. The molecule has 1 aliphatic rings. The predicted molar refractivity (Wildman–Crippen MR) is 232 cm³/mol. The molecule has 0 radical (unpaired) electrons. The topological polar surface area (TPSA) is 46.6 Å². The van der Waals surface area contributed by atoms with Gasteiger partial charge in [0.25, 0.3) is 0 Å². The van der Waals surface area contributed by atoms with Crippen molar-refractivity contribution in [2.24, 2.45) is 9.98 Å². The van der Waals surface area contributed by atoms with Crippen molar-refractivity contribution < 1.29 is 0 Å². The second-order valence-corrected chi connectivity index (χ2v) is 14.3. The van der Waals surface area contributed by atoms with Crippen molar-refractivity contribution in [3.8, 4) is 22.5 Å². The summed E-state index contributed by atoms with van der Waals surface area (Å²) in [4.78, 5) is 10.1. The van der Waals surface area contributed by atoms with Crippen molar-refractivity contribution in [1.82, 2.24) is 14.5 Å². The van der Waals surface area contributed by atoms with Gasteiger partial charge in [-0.1, -0.05) is 152 Å². The van der Waals surface area contributed by atoms with Crippen LogP contribution in [0.1, 0.15) is 22.9 Å². The van der Waals surface area contributed by atoms with Crippen LogP contribution in [0.5, 0.6) is 0 Å². The van der Waals surface area contributed by atoms with E-state index in [0.29, 0.717) is 5.84 Å². The first kappa shape index (κ1) is 32.0. The standard InChI is InChI=1S/C51H35N5/c1-4-15-34(16-5-1)49-52-50(35-17-6-2-7-18-35)54-51(53-49)38-20-14-19-36(31-38)37-27-29-43-41-23-11-13-26-46(41)56(47(43)32-37)40-28-30-44-42-24-10-12-25-45(42)55(48(44)33-40)39-21-8-3-9-22-39/h1-33,49H,(H,52,53,54). The lowest BCUT2D eigenvalue weighted by Gasteiger charge is -2.24. The molecule has 2 aromatic heterocycles. The van der Waals surface area contributed by atoms with Gasteiger partial charge in [0.1, 0.15) is 12.0 Å². The second kappa shape index (κ2) is 13.1. The Balaban J connectivity index is 1.05. The zero-order chi connectivity index (χ0) is 37.0. The van der Waals surface area contributed by atoms with Gasteiger partial charge in [-0.15, -0.1) is 0 Å². The molecule has 1 atom stereocenters. The lowest BCUT2D eigenvalue weighted by molar-refractivity contribution is 0.674. The zero-order valence-corrected chi connectivity index (χ0v) is 30.4. The molecule has 0 spiro atoms. The number of aromatic nitrogens is 2. The number of amidine groups is 2. The van der Waals surface area contributed by atoms with Crippen LogP contribution in [0.25, 0.3) is 66.1 Å². The van der Waals surface area contributed by atoms with Gasteiger partial charge in [-0.2, -0.15) is 0 Å². The number of aliphatic imine (C=N–C) groups is 2. The number of hydrogen-bond acceptors (Lipinski definition) is 3. The first-order chi connectivity index (χ1) is 27.8. The minimum Gasteiger partial charge on any atom is -0.344 e. The lowest BCUT2D eigenvalue weighted by Crippen LogP contribution is -2.33. The number of benzene rings is 8. The smallest absolute Gasteiger partial charge is 0.159 e. The Hall–Kier alpha value is -7.50. The number of nitrogens with one attached hydrogen (secondary N) is 1. The van der Waals surface area contributed by atoms with Gasteiger partial charge in [-0.3, -0.25) is 0 Å². The second-order valence-electron chi connectivity index (χ2n) is 14.3. The van der Waals surface area contributed by atoms with E-state index in [9.17, 15) is 0 Å². The van der Waals surface area contributed by atoms with Crippen molar-refractivity contribution in [3.63, 3.8) is 0 Å². The summed E-state index contributed by atoms with van der Waals surface area (Å²) >= 11 is 0. The first-order valence-electron chi connectivity index (χ1n) is 19.0. The fourth-order valence-electron chi connectivity index (χ4n) is 8.35. The van der Waals surface area contributed by atoms with Crippen molar-refractivity contribution in [3.05, 3.63) is 217 Å². The summed E-state index contributed by atoms with van der Waals surface area (Å²) in [7, 11) is 0. The average molecular weight is 718 g/mol. The Morgan fingerprint density at radius 1 is 0.375 bits per heavy atom. The Bertz CT molecular complexity index is 3150. The van der Waals surface area contributed by atoms with Gasteiger partial charge >= 0.3 is 0 Å². The SMILES string of the molecule is c1ccc(C2=NC(c3ccccc3)NC(c3cccc(-c4ccc5c6ccccc6n(-c6ccc7c8ccccc8n(-c8ccccc8)c7c6)c5c4)c3)=N2)cc1. The summed E-state index contributed by atoms with van der Waals surface area (Å²) < 4.78 is 4.81. The molecule has 1 aliphatic heterocycles. The monoisotopic (exact) mass is 717 g/mol. The fraction of sp³-hybridized carbons (Fsp3) is 0.0196. The number of nitrogens with zero attached hydrogens (tertiary/aromatic N) is 4. The Morgan fingerprint density at radius 2 is 0.911 bits per heavy atom.